The first kappa shape index (κ1) is 15.9. The molecule has 0 unspecified atom stereocenters. The van der Waals surface area contributed by atoms with Gasteiger partial charge in [0.25, 0.3) is 0 Å². The highest BCUT2D eigenvalue weighted by molar-refractivity contribution is 9.11. The molecule has 1 radical (unpaired) electrons. The molecule has 0 saturated heterocycles. The SMILES string of the molecule is Brc1ccc([N+](c2ccc(Br)cc2)c2ccc(Br)cc2)cc1. The first-order valence-corrected chi connectivity index (χ1v) is 9.08. The van der Waals surface area contributed by atoms with Crippen LogP contribution >= 0.6 is 47.8 Å². The number of anilines is 3. The largest absolute Gasteiger partial charge is 0.192 e. The molecule has 3 aromatic rings. The lowest BCUT2D eigenvalue weighted by molar-refractivity contribution is 0.929. The Bertz CT molecular complexity index is 642. The molecule has 0 spiro atoms. The lowest BCUT2D eigenvalue weighted by atomic mass is 10.2. The van der Waals surface area contributed by atoms with E-state index in [1.807, 2.05) is 0 Å². The average Bonchev–Trinajstić information content (AvgIpc) is 2.53. The summed E-state index contributed by atoms with van der Waals surface area (Å²) in [7, 11) is 0. The summed E-state index contributed by atoms with van der Waals surface area (Å²) >= 11 is 10.5. The Kier molecular flexibility index (Phi) is 5.14. The number of halogens is 3. The molecule has 3 aromatic carbocycles. The van der Waals surface area contributed by atoms with Crippen molar-refractivity contribution < 1.29 is 0 Å². The molecule has 0 aromatic heterocycles. The summed E-state index contributed by atoms with van der Waals surface area (Å²) in [6, 6.07) is 25.0. The zero-order valence-corrected chi connectivity index (χ0v) is 16.3. The first-order valence-electron chi connectivity index (χ1n) is 6.70. The van der Waals surface area contributed by atoms with Crippen LogP contribution in [0.3, 0.4) is 0 Å². The normalized spacial score (nSPS) is 10.9. The third-order valence-corrected chi connectivity index (χ3v) is 4.84. The maximum Gasteiger partial charge on any atom is 0.192 e. The molecule has 1 nitrogen and oxygen atoms in total. The summed E-state index contributed by atoms with van der Waals surface area (Å²) in [6.07, 6.45) is 0. The minimum atomic E-state index is 1.07. The fourth-order valence-electron chi connectivity index (χ4n) is 2.22. The molecular weight excluding hydrogens is 470 g/mol. The molecule has 0 atom stereocenters. The van der Waals surface area contributed by atoms with Gasteiger partial charge in [-0.3, -0.25) is 0 Å². The standard InChI is InChI=1S/C18H12Br3N/c19-13-1-7-16(8-2-13)22(17-9-3-14(20)4-10-17)18-11-5-15(21)6-12-18/h1-12H/q+1. The summed E-state index contributed by atoms with van der Waals surface area (Å²) in [6.45, 7) is 0. The maximum atomic E-state index is 3.50. The molecule has 109 valence electrons. The van der Waals surface area contributed by atoms with Crippen molar-refractivity contribution in [2.45, 2.75) is 0 Å². The number of hydrogen-bond donors (Lipinski definition) is 0. The Balaban J connectivity index is 2.10. The fourth-order valence-corrected chi connectivity index (χ4v) is 3.01. The van der Waals surface area contributed by atoms with Gasteiger partial charge in [0.1, 0.15) is 0 Å². The highest BCUT2D eigenvalue weighted by Gasteiger charge is 2.25. The van der Waals surface area contributed by atoms with Crippen molar-refractivity contribution in [2.75, 3.05) is 0 Å². The van der Waals surface area contributed by atoms with Gasteiger partial charge in [0.05, 0.1) is 0 Å². The van der Waals surface area contributed by atoms with E-state index in [4.69, 9.17) is 0 Å². The van der Waals surface area contributed by atoms with Gasteiger partial charge in [-0.1, -0.05) is 52.7 Å². The number of hydrogen-bond acceptors (Lipinski definition) is 1. The van der Waals surface area contributed by atoms with Gasteiger partial charge in [0.2, 0.25) is 0 Å². The molecule has 3 rings (SSSR count). The second-order valence-corrected chi connectivity index (χ2v) is 7.51. The van der Waals surface area contributed by atoms with Crippen molar-refractivity contribution in [2.24, 2.45) is 0 Å². The van der Waals surface area contributed by atoms with E-state index in [0.29, 0.717) is 0 Å². The predicted octanol–water partition coefficient (Wildman–Crippen LogP) is 7.41. The smallest absolute Gasteiger partial charge is 0.0593 e. The maximum absolute atomic E-state index is 3.50. The second kappa shape index (κ2) is 7.09. The van der Waals surface area contributed by atoms with Gasteiger partial charge < -0.3 is 0 Å². The highest BCUT2D eigenvalue weighted by Crippen LogP contribution is 2.35. The summed E-state index contributed by atoms with van der Waals surface area (Å²) in [5.74, 6) is 0. The number of benzene rings is 3. The van der Waals surface area contributed by atoms with Crippen LogP contribution in [0, 0.1) is 0 Å². The van der Waals surface area contributed by atoms with Crippen LogP contribution in [0.2, 0.25) is 0 Å². The monoisotopic (exact) mass is 479 g/mol. The molecule has 0 bridgehead atoms. The zero-order chi connectivity index (χ0) is 15.5. The molecular formula is C18H12Br3N+. The molecule has 0 fully saturated rings. The second-order valence-electron chi connectivity index (χ2n) is 4.76. The lowest BCUT2D eigenvalue weighted by Gasteiger charge is -2.11. The Morgan fingerprint density at radius 3 is 0.864 bits per heavy atom. The third-order valence-electron chi connectivity index (χ3n) is 3.25. The van der Waals surface area contributed by atoms with Gasteiger partial charge in [-0.15, -0.1) is 0 Å². The first-order chi connectivity index (χ1) is 10.6. The van der Waals surface area contributed by atoms with E-state index < -0.39 is 0 Å². The van der Waals surface area contributed by atoms with Gasteiger partial charge in [0, 0.05) is 49.8 Å². The van der Waals surface area contributed by atoms with Crippen molar-refractivity contribution >= 4 is 64.9 Å². The summed E-state index contributed by atoms with van der Waals surface area (Å²) in [4.78, 5) is 2.23. The van der Waals surface area contributed by atoms with E-state index in [0.717, 1.165) is 30.5 Å². The van der Waals surface area contributed by atoms with Crippen LogP contribution in [0.15, 0.2) is 86.2 Å². The van der Waals surface area contributed by atoms with E-state index >= 15 is 0 Å². The predicted molar refractivity (Wildman–Crippen MR) is 104 cm³/mol. The lowest BCUT2D eigenvalue weighted by Crippen LogP contribution is -2.11. The molecule has 0 aliphatic rings. The van der Waals surface area contributed by atoms with E-state index in [9.17, 15) is 0 Å². The molecule has 0 aliphatic carbocycles. The minimum absolute atomic E-state index is 1.07. The highest BCUT2D eigenvalue weighted by atomic mass is 79.9. The summed E-state index contributed by atoms with van der Waals surface area (Å²) < 4.78 is 3.22. The third kappa shape index (κ3) is 3.69. The summed E-state index contributed by atoms with van der Waals surface area (Å²) in [5.41, 5.74) is 3.36. The van der Waals surface area contributed by atoms with Gasteiger partial charge in [-0.25, -0.2) is 0 Å². The van der Waals surface area contributed by atoms with E-state index in [1.54, 1.807) is 0 Å². The van der Waals surface area contributed by atoms with Crippen LogP contribution in [-0.4, -0.2) is 0 Å². The molecule has 0 N–H and O–H groups in total. The Morgan fingerprint density at radius 2 is 0.636 bits per heavy atom. The molecule has 0 aliphatic heterocycles. The zero-order valence-electron chi connectivity index (χ0n) is 11.5. The van der Waals surface area contributed by atoms with E-state index in [1.165, 1.54) is 0 Å². The number of rotatable bonds is 3. The van der Waals surface area contributed by atoms with Gasteiger partial charge in [-0.2, -0.15) is 0 Å². The van der Waals surface area contributed by atoms with Gasteiger partial charge >= 0.3 is 0 Å². The summed E-state index contributed by atoms with van der Waals surface area (Å²) in [5, 5.41) is 0. The molecule has 0 amide bonds. The molecule has 0 heterocycles. The fraction of sp³-hybridized carbons (Fsp3) is 0. The Morgan fingerprint density at radius 1 is 0.409 bits per heavy atom. The van der Waals surface area contributed by atoms with Crippen LogP contribution in [0.4, 0.5) is 17.1 Å². The van der Waals surface area contributed by atoms with Crippen LogP contribution in [0.5, 0.6) is 0 Å². The van der Waals surface area contributed by atoms with Crippen molar-refractivity contribution in [3.8, 4) is 0 Å². The van der Waals surface area contributed by atoms with Crippen LogP contribution in [0.25, 0.3) is 0 Å². The van der Waals surface area contributed by atoms with Gasteiger partial charge in [-0.05, 0) is 36.4 Å². The van der Waals surface area contributed by atoms with Gasteiger partial charge in [0.15, 0.2) is 17.1 Å². The average molecular weight is 482 g/mol. The van der Waals surface area contributed by atoms with Crippen LogP contribution in [-0.2, 0) is 0 Å². The Labute approximate surface area is 155 Å². The van der Waals surface area contributed by atoms with E-state index in [-0.39, 0.29) is 0 Å². The minimum Gasteiger partial charge on any atom is -0.0593 e. The van der Waals surface area contributed by atoms with Crippen molar-refractivity contribution in [3.05, 3.63) is 86.2 Å². The molecule has 0 saturated carbocycles. The van der Waals surface area contributed by atoms with E-state index in [2.05, 4.69) is 125 Å². The van der Waals surface area contributed by atoms with Crippen molar-refractivity contribution in [3.63, 3.8) is 0 Å². The Hall–Kier alpha value is -0.940. The van der Waals surface area contributed by atoms with Crippen molar-refractivity contribution in [1.82, 2.24) is 4.90 Å². The number of nitrogens with zero attached hydrogens (tertiary/aromatic N) is 1. The molecule has 4 heteroatoms. The van der Waals surface area contributed by atoms with Crippen molar-refractivity contribution in [1.29, 1.82) is 0 Å². The van der Waals surface area contributed by atoms with Crippen LogP contribution < -0.4 is 4.90 Å². The topological polar surface area (TPSA) is 5.90 Å². The quantitative estimate of drug-likeness (QED) is 0.343. The van der Waals surface area contributed by atoms with Crippen LogP contribution in [0.1, 0.15) is 0 Å². The molecule has 22 heavy (non-hydrogen) atoms.